The van der Waals surface area contributed by atoms with Gasteiger partial charge in [0.15, 0.2) is 0 Å². The number of hydrogen-bond acceptors (Lipinski definition) is 6. The summed E-state index contributed by atoms with van der Waals surface area (Å²) in [4.78, 5) is 13.8. The van der Waals surface area contributed by atoms with Crippen molar-refractivity contribution in [2.75, 3.05) is 25.7 Å². The molecule has 0 saturated heterocycles. The fourth-order valence-corrected chi connectivity index (χ4v) is 7.32. The number of unbranched alkanes of at least 4 members (excludes halogenated alkanes) is 15. The second-order valence-corrected chi connectivity index (χ2v) is 13.4. The van der Waals surface area contributed by atoms with Crippen LogP contribution in [0.5, 0.6) is 17.2 Å². The van der Waals surface area contributed by atoms with Crippen LogP contribution in [0.25, 0.3) is 6.08 Å². The average Bonchev–Trinajstić information content (AvgIpc) is 3.21. The summed E-state index contributed by atoms with van der Waals surface area (Å²) in [5, 5.41) is 11.9. The Labute approximate surface area is 271 Å². The van der Waals surface area contributed by atoms with Crippen molar-refractivity contribution in [3.05, 3.63) is 57.6 Å². The van der Waals surface area contributed by atoms with E-state index in [1.54, 1.807) is 6.07 Å². The van der Waals surface area contributed by atoms with Crippen LogP contribution in [0.4, 0.5) is 11.4 Å². The van der Waals surface area contributed by atoms with Crippen LogP contribution in [0, 0.1) is 10.1 Å². The van der Waals surface area contributed by atoms with Crippen LogP contribution in [-0.4, -0.2) is 31.4 Å². The van der Waals surface area contributed by atoms with E-state index in [4.69, 9.17) is 14.2 Å². The molecule has 0 amide bonds. The van der Waals surface area contributed by atoms with Gasteiger partial charge in [0, 0.05) is 18.3 Å². The molecular formula is C38H56N2O5. The number of hydrogen-bond donors (Lipinski definition) is 0. The molecular weight excluding hydrogens is 564 g/mol. The van der Waals surface area contributed by atoms with Gasteiger partial charge in [-0.15, -0.1) is 0 Å². The molecule has 0 aromatic heterocycles. The van der Waals surface area contributed by atoms with E-state index in [9.17, 15) is 10.1 Å². The van der Waals surface area contributed by atoms with Gasteiger partial charge in [-0.1, -0.05) is 121 Å². The minimum atomic E-state index is -0.786. The Hall–Kier alpha value is -3.22. The second kappa shape index (κ2) is 16.4. The van der Waals surface area contributed by atoms with Crippen molar-refractivity contribution in [1.82, 2.24) is 0 Å². The Kier molecular flexibility index (Phi) is 12.6. The molecule has 0 fully saturated rings. The van der Waals surface area contributed by atoms with Gasteiger partial charge in [-0.05, 0) is 44.1 Å². The fraction of sp³-hybridized carbons (Fsp3) is 0.632. The number of fused-ring (bicyclic) bond motifs is 2. The first-order valence-corrected chi connectivity index (χ1v) is 17.5. The third-order valence-electron chi connectivity index (χ3n) is 9.97. The highest BCUT2D eigenvalue weighted by molar-refractivity contribution is 5.79. The molecule has 1 atom stereocenters. The summed E-state index contributed by atoms with van der Waals surface area (Å²) in [6.45, 7) is 7.58. The van der Waals surface area contributed by atoms with Crippen molar-refractivity contribution >= 4 is 17.5 Å². The van der Waals surface area contributed by atoms with E-state index in [1.165, 1.54) is 122 Å². The molecule has 2 aliphatic heterocycles. The quantitative estimate of drug-likeness (QED) is 0.0833. The van der Waals surface area contributed by atoms with Gasteiger partial charge in [0.1, 0.15) is 5.75 Å². The van der Waals surface area contributed by atoms with Crippen LogP contribution in [0.3, 0.4) is 0 Å². The first kappa shape index (κ1) is 34.6. The first-order valence-electron chi connectivity index (χ1n) is 17.5. The molecule has 0 N–H and O–H groups in total. The topological polar surface area (TPSA) is 74.1 Å². The van der Waals surface area contributed by atoms with Gasteiger partial charge in [0.2, 0.25) is 17.2 Å². The summed E-state index contributed by atoms with van der Waals surface area (Å²) in [5.74, 6) is 0.798. The predicted octanol–water partition coefficient (Wildman–Crippen LogP) is 10.8. The van der Waals surface area contributed by atoms with Crippen LogP contribution in [0.1, 0.15) is 135 Å². The summed E-state index contributed by atoms with van der Waals surface area (Å²) in [6.07, 6.45) is 25.5. The summed E-state index contributed by atoms with van der Waals surface area (Å²) in [7, 11) is 2.88. The Morgan fingerprint density at radius 3 is 1.91 bits per heavy atom. The maximum atomic E-state index is 11.9. The summed E-state index contributed by atoms with van der Waals surface area (Å²) in [6, 6.07) is 10.2. The Balaban J connectivity index is 1.32. The van der Waals surface area contributed by atoms with E-state index in [0.717, 1.165) is 13.0 Å². The number of rotatable bonds is 20. The Morgan fingerprint density at radius 2 is 1.38 bits per heavy atom. The van der Waals surface area contributed by atoms with E-state index in [-0.39, 0.29) is 22.6 Å². The van der Waals surface area contributed by atoms with Gasteiger partial charge in [0.25, 0.3) is 0 Å². The highest BCUT2D eigenvalue weighted by Crippen LogP contribution is 2.57. The third kappa shape index (κ3) is 7.61. The van der Waals surface area contributed by atoms with E-state index in [1.807, 2.05) is 6.08 Å². The summed E-state index contributed by atoms with van der Waals surface area (Å²) < 4.78 is 17.9. The number of benzene rings is 2. The standard InChI is InChI=1S/C38H56N2O5/c1-6-7-8-9-10-11-12-13-14-15-16-17-18-19-20-23-28-39-32-25-22-21-24-31(32)37(2,3)38(39)27-26-30-33(45-38)29-34(43-4)35(40(41)42)36(30)44-5/h21-22,24-27,29H,6-20,23,28H2,1-5H3/t38-/m1/s1. The summed E-state index contributed by atoms with van der Waals surface area (Å²) in [5.41, 5.74) is 1.61. The number of methoxy groups -OCH3 is 2. The maximum absolute atomic E-state index is 11.9. The molecule has 0 radical (unpaired) electrons. The molecule has 2 aromatic rings. The third-order valence-corrected chi connectivity index (χ3v) is 9.97. The van der Waals surface area contributed by atoms with Crippen molar-refractivity contribution in [3.63, 3.8) is 0 Å². The number of ether oxygens (including phenoxy) is 3. The Bertz CT molecular complexity index is 1290. The molecule has 45 heavy (non-hydrogen) atoms. The average molecular weight is 621 g/mol. The number of nitro benzene ring substituents is 1. The lowest BCUT2D eigenvalue weighted by atomic mass is 9.76. The van der Waals surface area contributed by atoms with Crippen molar-refractivity contribution < 1.29 is 19.1 Å². The van der Waals surface area contributed by atoms with Crippen LogP contribution in [0.15, 0.2) is 36.4 Å². The van der Waals surface area contributed by atoms with Crippen molar-refractivity contribution in [2.45, 2.75) is 135 Å². The lowest BCUT2D eigenvalue weighted by Gasteiger charge is -2.47. The lowest BCUT2D eigenvalue weighted by molar-refractivity contribution is -0.386. The molecule has 2 heterocycles. The molecule has 0 aliphatic carbocycles. The van der Waals surface area contributed by atoms with Gasteiger partial charge in [0.05, 0.1) is 30.1 Å². The SMILES string of the molecule is CCCCCCCCCCCCCCCCCCN1c2ccccc2C(C)(C)[C@]12C=Cc1c(cc(OC)c([N+](=O)[O-])c1OC)O2. The molecule has 248 valence electrons. The van der Waals surface area contributed by atoms with Gasteiger partial charge < -0.3 is 19.1 Å². The van der Waals surface area contributed by atoms with Crippen LogP contribution in [-0.2, 0) is 5.41 Å². The zero-order valence-corrected chi connectivity index (χ0v) is 28.5. The molecule has 2 aromatic carbocycles. The van der Waals surface area contributed by atoms with Crippen molar-refractivity contribution in [1.29, 1.82) is 0 Å². The van der Waals surface area contributed by atoms with Crippen LogP contribution >= 0.6 is 0 Å². The first-order chi connectivity index (χ1) is 21.8. The van der Waals surface area contributed by atoms with Crippen molar-refractivity contribution in [3.8, 4) is 17.2 Å². The molecule has 0 bridgehead atoms. The summed E-state index contributed by atoms with van der Waals surface area (Å²) >= 11 is 0. The predicted molar refractivity (Wildman–Crippen MR) is 185 cm³/mol. The fourth-order valence-electron chi connectivity index (χ4n) is 7.32. The highest BCUT2D eigenvalue weighted by Gasteiger charge is 2.59. The van der Waals surface area contributed by atoms with Gasteiger partial charge in [-0.25, -0.2) is 0 Å². The van der Waals surface area contributed by atoms with E-state index in [2.05, 4.69) is 56.0 Å². The Morgan fingerprint density at radius 1 is 0.822 bits per heavy atom. The molecule has 0 unspecified atom stereocenters. The van der Waals surface area contributed by atoms with E-state index in [0.29, 0.717) is 11.3 Å². The maximum Gasteiger partial charge on any atom is 0.353 e. The lowest BCUT2D eigenvalue weighted by Crippen LogP contribution is -2.59. The zero-order chi connectivity index (χ0) is 32.3. The monoisotopic (exact) mass is 620 g/mol. The van der Waals surface area contributed by atoms with Gasteiger partial charge >= 0.3 is 5.69 Å². The number of para-hydroxylation sites is 1. The number of nitrogens with zero attached hydrogens (tertiary/aromatic N) is 2. The molecule has 7 heteroatoms. The van der Waals surface area contributed by atoms with E-state index >= 15 is 0 Å². The molecule has 1 spiro atoms. The smallest absolute Gasteiger partial charge is 0.353 e. The van der Waals surface area contributed by atoms with Gasteiger partial charge in [-0.3, -0.25) is 10.1 Å². The number of nitro groups is 1. The second-order valence-electron chi connectivity index (χ2n) is 13.4. The zero-order valence-electron chi connectivity index (χ0n) is 28.5. The normalized spacial score (nSPS) is 17.7. The molecule has 7 nitrogen and oxygen atoms in total. The van der Waals surface area contributed by atoms with Crippen molar-refractivity contribution in [2.24, 2.45) is 0 Å². The van der Waals surface area contributed by atoms with Crippen LogP contribution < -0.4 is 19.1 Å². The molecule has 0 saturated carbocycles. The largest absolute Gasteiger partial charge is 0.490 e. The highest BCUT2D eigenvalue weighted by atomic mass is 16.6. The van der Waals surface area contributed by atoms with Crippen LogP contribution in [0.2, 0.25) is 0 Å². The number of anilines is 1. The van der Waals surface area contributed by atoms with E-state index < -0.39 is 10.6 Å². The minimum absolute atomic E-state index is 0.124. The van der Waals surface area contributed by atoms with Gasteiger partial charge in [-0.2, -0.15) is 0 Å². The molecule has 4 rings (SSSR count). The minimum Gasteiger partial charge on any atom is -0.490 e. The molecule has 2 aliphatic rings.